The smallest absolute Gasteiger partial charge is 0.306 e. The van der Waals surface area contributed by atoms with E-state index in [9.17, 15) is 14.4 Å². The van der Waals surface area contributed by atoms with E-state index in [-0.39, 0.29) is 31.1 Å². The fourth-order valence-corrected chi connectivity index (χ4v) is 8.75. The van der Waals surface area contributed by atoms with Gasteiger partial charge in [-0.05, 0) is 25.2 Å². The van der Waals surface area contributed by atoms with E-state index in [1.54, 1.807) is 0 Å². The maximum Gasteiger partial charge on any atom is 0.306 e. The van der Waals surface area contributed by atoms with Gasteiger partial charge < -0.3 is 14.2 Å². The molecule has 0 rings (SSSR count). The average molecular weight is 892 g/mol. The van der Waals surface area contributed by atoms with Gasteiger partial charge in [0.25, 0.3) is 0 Å². The van der Waals surface area contributed by atoms with Gasteiger partial charge >= 0.3 is 17.9 Å². The van der Waals surface area contributed by atoms with Gasteiger partial charge in [-0.1, -0.05) is 285 Å². The quantitative estimate of drug-likeness (QED) is 0.0344. The fraction of sp³-hybridized carbons (Fsp3) is 0.947. The molecule has 6 nitrogen and oxygen atoms in total. The second kappa shape index (κ2) is 51.4. The molecule has 0 aliphatic carbocycles. The molecule has 1 atom stereocenters. The highest BCUT2D eigenvalue weighted by atomic mass is 16.6. The van der Waals surface area contributed by atoms with Gasteiger partial charge in [-0.3, -0.25) is 14.4 Å². The number of hydrogen-bond donors (Lipinski definition) is 0. The maximum atomic E-state index is 12.8. The van der Waals surface area contributed by atoms with Crippen LogP contribution in [-0.2, 0) is 28.6 Å². The molecular formula is C57H110O6. The normalized spacial score (nSPS) is 12.0. The Morgan fingerprint density at radius 1 is 0.302 bits per heavy atom. The van der Waals surface area contributed by atoms with Crippen molar-refractivity contribution in [3.63, 3.8) is 0 Å². The number of rotatable bonds is 52. The summed E-state index contributed by atoms with van der Waals surface area (Å²) in [6, 6.07) is 0. The summed E-state index contributed by atoms with van der Waals surface area (Å²) in [5.74, 6) is -0.0116. The molecule has 0 aromatic carbocycles. The molecule has 0 unspecified atom stereocenters. The minimum absolute atomic E-state index is 0.0621. The zero-order chi connectivity index (χ0) is 45.9. The van der Waals surface area contributed by atoms with Crippen molar-refractivity contribution in [1.82, 2.24) is 0 Å². The summed E-state index contributed by atoms with van der Waals surface area (Å²) in [4.78, 5) is 38.1. The van der Waals surface area contributed by atoms with Crippen molar-refractivity contribution in [1.29, 1.82) is 0 Å². The van der Waals surface area contributed by atoms with E-state index in [0.29, 0.717) is 19.3 Å². The molecule has 0 heterocycles. The van der Waals surface area contributed by atoms with Crippen molar-refractivity contribution in [3.8, 4) is 0 Å². The molecule has 0 N–H and O–H groups in total. The molecular weight excluding hydrogens is 781 g/mol. The molecule has 0 radical (unpaired) electrons. The zero-order valence-electron chi connectivity index (χ0n) is 43.0. The highest BCUT2D eigenvalue weighted by Gasteiger charge is 2.19. The van der Waals surface area contributed by atoms with E-state index in [2.05, 4.69) is 27.7 Å². The van der Waals surface area contributed by atoms with Gasteiger partial charge in [0.05, 0.1) is 0 Å². The van der Waals surface area contributed by atoms with Gasteiger partial charge in [0.15, 0.2) is 6.10 Å². The molecule has 6 heteroatoms. The zero-order valence-corrected chi connectivity index (χ0v) is 43.0. The molecule has 0 aliphatic heterocycles. The first-order valence-corrected chi connectivity index (χ1v) is 28.4. The van der Waals surface area contributed by atoms with Gasteiger partial charge in [-0.25, -0.2) is 0 Å². The van der Waals surface area contributed by atoms with Crippen LogP contribution in [0.2, 0.25) is 0 Å². The molecule has 0 amide bonds. The van der Waals surface area contributed by atoms with E-state index < -0.39 is 6.10 Å². The van der Waals surface area contributed by atoms with E-state index in [4.69, 9.17) is 14.2 Å². The second-order valence-electron chi connectivity index (χ2n) is 20.1. The van der Waals surface area contributed by atoms with Gasteiger partial charge in [-0.2, -0.15) is 0 Å². The Morgan fingerprint density at radius 3 is 0.778 bits per heavy atom. The van der Waals surface area contributed by atoms with Crippen LogP contribution in [0.25, 0.3) is 0 Å². The average Bonchev–Trinajstić information content (AvgIpc) is 3.27. The van der Waals surface area contributed by atoms with Crippen LogP contribution in [0.5, 0.6) is 0 Å². The standard InChI is InChI=1S/C57H110O6/c1-5-7-9-11-13-15-17-19-20-21-22-23-24-25-29-32-36-40-44-48-55(58)61-51-54(63-57(60)50-46-42-38-34-28-18-16-14-12-10-8-6-2)52-62-56(59)49-45-41-37-33-30-26-27-31-35-39-43-47-53(3)4/h53-54H,5-52H2,1-4H3/t54-/m0/s1. The van der Waals surface area contributed by atoms with Crippen LogP contribution in [0, 0.1) is 5.92 Å². The van der Waals surface area contributed by atoms with Crippen LogP contribution in [0.4, 0.5) is 0 Å². The Hall–Kier alpha value is -1.59. The monoisotopic (exact) mass is 891 g/mol. The molecule has 0 aromatic rings. The van der Waals surface area contributed by atoms with Gasteiger partial charge in [-0.15, -0.1) is 0 Å². The van der Waals surface area contributed by atoms with Gasteiger partial charge in [0, 0.05) is 19.3 Å². The Balaban J connectivity index is 4.25. The van der Waals surface area contributed by atoms with Crippen molar-refractivity contribution in [3.05, 3.63) is 0 Å². The Morgan fingerprint density at radius 2 is 0.524 bits per heavy atom. The molecule has 0 aliphatic rings. The highest BCUT2D eigenvalue weighted by Crippen LogP contribution is 2.18. The summed E-state index contributed by atoms with van der Waals surface area (Å²) in [5.41, 5.74) is 0. The lowest BCUT2D eigenvalue weighted by molar-refractivity contribution is -0.167. The number of hydrogen-bond acceptors (Lipinski definition) is 6. The lowest BCUT2D eigenvalue weighted by atomic mass is 10.0. The second-order valence-corrected chi connectivity index (χ2v) is 20.1. The third-order valence-electron chi connectivity index (χ3n) is 13.0. The minimum Gasteiger partial charge on any atom is -0.462 e. The van der Waals surface area contributed by atoms with Crippen LogP contribution in [0.3, 0.4) is 0 Å². The molecule has 0 aromatic heterocycles. The van der Waals surface area contributed by atoms with Crippen LogP contribution in [-0.4, -0.2) is 37.2 Å². The third-order valence-corrected chi connectivity index (χ3v) is 13.0. The SMILES string of the molecule is CCCCCCCCCCCCCCCCCCCCCC(=O)OC[C@@H](COC(=O)CCCCCCCCCCCCCC(C)C)OC(=O)CCCCCCCCCCCCCC. The molecule has 0 saturated heterocycles. The third kappa shape index (κ3) is 51.3. The lowest BCUT2D eigenvalue weighted by Crippen LogP contribution is -2.30. The summed E-state index contributed by atoms with van der Waals surface area (Å²) >= 11 is 0. The Kier molecular flexibility index (Phi) is 50.1. The molecule has 0 spiro atoms. The van der Waals surface area contributed by atoms with E-state index in [1.165, 1.54) is 218 Å². The molecule has 0 fully saturated rings. The summed E-state index contributed by atoms with van der Waals surface area (Å²) < 4.78 is 16.9. The van der Waals surface area contributed by atoms with Crippen LogP contribution >= 0.6 is 0 Å². The molecule has 0 bridgehead atoms. The summed E-state index contributed by atoms with van der Waals surface area (Å²) in [6.07, 6.45) is 55.2. The number of carbonyl (C=O) groups is 3. The predicted octanol–water partition coefficient (Wildman–Crippen LogP) is 18.6. The Labute approximate surface area is 393 Å². The topological polar surface area (TPSA) is 78.9 Å². The van der Waals surface area contributed by atoms with Crippen molar-refractivity contribution in [2.75, 3.05) is 13.2 Å². The summed E-state index contributed by atoms with van der Waals surface area (Å²) in [5, 5.41) is 0. The van der Waals surface area contributed by atoms with Crippen LogP contribution in [0.1, 0.15) is 323 Å². The number of esters is 3. The minimum atomic E-state index is -0.761. The number of unbranched alkanes of at least 4 members (excludes halogenated alkanes) is 39. The largest absolute Gasteiger partial charge is 0.462 e. The van der Waals surface area contributed by atoms with Gasteiger partial charge in [0.2, 0.25) is 0 Å². The maximum absolute atomic E-state index is 12.8. The van der Waals surface area contributed by atoms with E-state index >= 15 is 0 Å². The van der Waals surface area contributed by atoms with Crippen molar-refractivity contribution >= 4 is 17.9 Å². The summed E-state index contributed by atoms with van der Waals surface area (Å²) in [6.45, 7) is 9.04. The number of carbonyl (C=O) groups excluding carboxylic acids is 3. The van der Waals surface area contributed by atoms with E-state index in [0.717, 1.165) is 63.7 Å². The fourth-order valence-electron chi connectivity index (χ4n) is 8.75. The number of ether oxygens (including phenoxy) is 3. The first-order chi connectivity index (χ1) is 30.9. The first-order valence-electron chi connectivity index (χ1n) is 28.4. The predicted molar refractivity (Wildman–Crippen MR) is 270 cm³/mol. The Bertz CT molecular complexity index is 949. The molecule has 63 heavy (non-hydrogen) atoms. The van der Waals surface area contributed by atoms with E-state index in [1.807, 2.05) is 0 Å². The van der Waals surface area contributed by atoms with Crippen molar-refractivity contribution in [2.45, 2.75) is 329 Å². The molecule has 0 saturated carbocycles. The van der Waals surface area contributed by atoms with Crippen LogP contribution < -0.4 is 0 Å². The first kappa shape index (κ1) is 61.4. The van der Waals surface area contributed by atoms with Crippen molar-refractivity contribution in [2.24, 2.45) is 5.92 Å². The highest BCUT2D eigenvalue weighted by molar-refractivity contribution is 5.71. The summed E-state index contributed by atoms with van der Waals surface area (Å²) in [7, 11) is 0. The van der Waals surface area contributed by atoms with Gasteiger partial charge in [0.1, 0.15) is 13.2 Å². The van der Waals surface area contributed by atoms with Crippen LogP contribution in [0.15, 0.2) is 0 Å². The lowest BCUT2D eigenvalue weighted by Gasteiger charge is -2.18. The molecule has 374 valence electrons. The van der Waals surface area contributed by atoms with Crippen molar-refractivity contribution < 1.29 is 28.6 Å².